The van der Waals surface area contributed by atoms with Crippen LogP contribution in [-0.2, 0) is 4.79 Å². The Morgan fingerprint density at radius 2 is 2.13 bits per heavy atom. The number of rotatable bonds is 3. The van der Waals surface area contributed by atoms with Crippen LogP contribution in [0.15, 0.2) is 24.3 Å². The van der Waals surface area contributed by atoms with Crippen LogP contribution in [0.5, 0.6) is 0 Å². The number of carbonyl (C=O) groups is 2. The molecule has 1 unspecified atom stereocenters. The minimum absolute atomic E-state index is 0.321. The maximum Gasteiger partial charge on any atom is 0.248 e. The predicted octanol–water partition coefficient (Wildman–Crippen LogP) is 1.35. The fourth-order valence-electron chi connectivity index (χ4n) is 0.992. The van der Waals surface area contributed by atoms with E-state index < -0.39 is 11.3 Å². The Hall–Kier alpha value is -1.55. The van der Waals surface area contributed by atoms with E-state index in [1.165, 1.54) is 6.07 Å². The molecule has 3 N–H and O–H groups in total. The number of hydrogen-bond donors (Lipinski definition) is 2. The summed E-state index contributed by atoms with van der Waals surface area (Å²) < 4.78 is 0. The highest BCUT2D eigenvalue weighted by atomic mass is 35.5. The lowest BCUT2D eigenvalue weighted by atomic mass is 10.2. The maximum absolute atomic E-state index is 11.2. The number of alkyl halides is 1. The summed E-state index contributed by atoms with van der Waals surface area (Å²) in [6.07, 6.45) is 0. The number of halogens is 1. The third kappa shape index (κ3) is 3.25. The van der Waals surface area contributed by atoms with Gasteiger partial charge in [0.25, 0.3) is 0 Å². The molecular weight excluding hydrogens is 216 g/mol. The lowest BCUT2D eigenvalue weighted by molar-refractivity contribution is -0.115. The quantitative estimate of drug-likeness (QED) is 0.764. The fourth-order valence-corrected chi connectivity index (χ4v) is 1.05. The lowest BCUT2D eigenvalue weighted by Gasteiger charge is -2.06. The van der Waals surface area contributed by atoms with Gasteiger partial charge in [-0.2, -0.15) is 0 Å². The van der Waals surface area contributed by atoms with Gasteiger partial charge in [-0.1, -0.05) is 6.07 Å². The van der Waals surface area contributed by atoms with Crippen LogP contribution >= 0.6 is 11.6 Å². The zero-order valence-corrected chi connectivity index (χ0v) is 8.91. The summed E-state index contributed by atoms with van der Waals surface area (Å²) in [7, 11) is 0. The average Bonchev–Trinajstić information content (AvgIpc) is 2.18. The molecule has 0 radical (unpaired) electrons. The van der Waals surface area contributed by atoms with E-state index in [1.54, 1.807) is 25.1 Å². The molecule has 0 aliphatic carbocycles. The van der Waals surface area contributed by atoms with E-state index in [9.17, 15) is 9.59 Å². The number of carbonyl (C=O) groups excluding carboxylic acids is 2. The van der Waals surface area contributed by atoms with Gasteiger partial charge in [-0.15, -0.1) is 11.6 Å². The molecule has 0 fully saturated rings. The topological polar surface area (TPSA) is 72.2 Å². The number of benzene rings is 1. The van der Waals surface area contributed by atoms with Crippen LogP contribution in [0, 0.1) is 0 Å². The van der Waals surface area contributed by atoms with Crippen LogP contribution in [0.4, 0.5) is 5.69 Å². The van der Waals surface area contributed by atoms with Crippen molar-refractivity contribution in [2.45, 2.75) is 12.3 Å². The summed E-state index contributed by atoms with van der Waals surface area (Å²) in [6, 6.07) is 6.36. The Bertz CT molecular complexity index is 391. The van der Waals surface area contributed by atoms with Gasteiger partial charge in [-0.25, -0.2) is 0 Å². The Morgan fingerprint density at radius 1 is 1.47 bits per heavy atom. The summed E-state index contributed by atoms with van der Waals surface area (Å²) in [5, 5.41) is 1.94. The third-order valence-corrected chi connectivity index (χ3v) is 1.97. The van der Waals surface area contributed by atoms with Gasteiger partial charge in [0.05, 0.1) is 0 Å². The van der Waals surface area contributed by atoms with E-state index >= 15 is 0 Å². The zero-order chi connectivity index (χ0) is 11.4. The van der Waals surface area contributed by atoms with E-state index in [4.69, 9.17) is 17.3 Å². The van der Waals surface area contributed by atoms with E-state index in [0.717, 1.165) is 0 Å². The van der Waals surface area contributed by atoms with Crippen molar-refractivity contribution < 1.29 is 9.59 Å². The van der Waals surface area contributed by atoms with E-state index in [1.807, 2.05) is 0 Å². The van der Waals surface area contributed by atoms with Crippen LogP contribution in [0.1, 0.15) is 17.3 Å². The van der Waals surface area contributed by atoms with Crippen molar-refractivity contribution in [2.75, 3.05) is 5.32 Å². The molecule has 1 rings (SSSR count). The first-order valence-corrected chi connectivity index (χ1v) is 4.79. The Kier molecular flexibility index (Phi) is 3.68. The lowest BCUT2D eigenvalue weighted by Crippen LogP contribution is -2.20. The van der Waals surface area contributed by atoms with E-state index in [2.05, 4.69) is 5.32 Å². The van der Waals surface area contributed by atoms with Gasteiger partial charge < -0.3 is 11.1 Å². The molecule has 0 aromatic heterocycles. The number of nitrogens with one attached hydrogen (secondary N) is 1. The molecule has 0 saturated heterocycles. The van der Waals surface area contributed by atoms with E-state index in [-0.39, 0.29) is 5.91 Å². The van der Waals surface area contributed by atoms with Crippen LogP contribution in [-0.4, -0.2) is 17.2 Å². The highest BCUT2D eigenvalue weighted by Gasteiger charge is 2.09. The summed E-state index contributed by atoms with van der Waals surface area (Å²) in [4.78, 5) is 22.1. The molecule has 1 aromatic carbocycles. The summed E-state index contributed by atoms with van der Waals surface area (Å²) >= 11 is 5.58. The van der Waals surface area contributed by atoms with Crippen LogP contribution in [0.25, 0.3) is 0 Å². The molecule has 0 heterocycles. The number of primary amides is 1. The van der Waals surface area contributed by atoms with Crippen molar-refractivity contribution in [1.82, 2.24) is 0 Å². The maximum atomic E-state index is 11.2. The van der Waals surface area contributed by atoms with Crippen molar-refractivity contribution in [3.8, 4) is 0 Å². The predicted molar refractivity (Wildman–Crippen MR) is 58.9 cm³/mol. The summed E-state index contributed by atoms with van der Waals surface area (Å²) in [5.74, 6) is -0.858. The smallest absolute Gasteiger partial charge is 0.248 e. The first-order valence-electron chi connectivity index (χ1n) is 4.35. The van der Waals surface area contributed by atoms with Gasteiger partial charge >= 0.3 is 0 Å². The molecule has 1 atom stereocenters. The molecule has 0 aliphatic rings. The molecule has 0 aliphatic heterocycles. The number of amides is 2. The highest BCUT2D eigenvalue weighted by Crippen LogP contribution is 2.11. The van der Waals surface area contributed by atoms with Gasteiger partial charge in [0.1, 0.15) is 5.38 Å². The second kappa shape index (κ2) is 4.79. The second-order valence-corrected chi connectivity index (χ2v) is 3.70. The van der Waals surface area contributed by atoms with Crippen molar-refractivity contribution in [3.05, 3.63) is 29.8 Å². The fraction of sp³-hybridized carbons (Fsp3) is 0.200. The molecule has 0 bridgehead atoms. The van der Waals surface area contributed by atoms with Crippen molar-refractivity contribution in [3.63, 3.8) is 0 Å². The Labute approximate surface area is 92.4 Å². The van der Waals surface area contributed by atoms with Crippen molar-refractivity contribution >= 4 is 29.1 Å². The first-order chi connectivity index (χ1) is 7.00. The summed E-state index contributed by atoms with van der Waals surface area (Å²) in [5.41, 5.74) is 5.94. The molecule has 5 heteroatoms. The van der Waals surface area contributed by atoms with Crippen LogP contribution in [0.2, 0.25) is 0 Å². The molecule has 1 aromatic rings. The number of nitrogens with two attached hydrogens (primary N) is 1. The van der Waals surface area contributed by atoms with Gasteiger partial charge in [-0.05, 0) is 25.1 Å². The molecule has 4 nitrogen and oxygen atoms in total. The first kappa shape index (κ1) is 11.5. The number of anilines is 1. The van der Waals surface area contributed by atoms with Gasteiger partial charge in [0.15, 0.2) is 0 Å². The van der Waals surface area contributed by atoms with Crippen molar-refractivity contribution in [1.29, 1.82) is 0 Å². The van der Waals surface area contributed by atoms with Gasteiger partial charge in [0.2, 0.25) is 11.8 Å². The van der Waals surface area contributed by atoms with Crippen LogP contribution in [0.3, 0.4) is 0 Å². The third-order valence-electron chi connectivity index (χ3n) is 1.78. The van der Waals surface area contributed by atoms with Crippen molar-refractivity contribution in [2.24, 2.45) is 5.73 Å². The van der Waals surface area contributed by atoms with Gasteiger partial charge in [0, 0.05) is 11.3 Å². The zero-order valence-electron chi connectivity index (χ0n) is 8.16. The SMILES string of the molecule is CC(Cl)C(=O)Nc1cccc(C(N)=O)c1. The minimum atomic E-state index is -0.623. The standard InChI is InChI=1S/C10H11ClN2O2/c1-6(11)10(15)13-8-4-2-3-7(5-8)9(12)14/h2-6H,1H3,(H2,12,14)(H,13,15). The molecule has 80 valence electrons. The van der Waals surface area contributed by atoms with Crippen LogP contribution < -0.4 is 11.1 Å². The molecule has 15 heavy (non-hydrogen) atoms. The summed E-state index contributed by atoms with van der Waals surface area (Å²) in [6.45, 7) is 1.56. The highest BCUT2D eigenvalue weighted by molar-refractivity contribution is 6.32. The molecular formula is C10H11ClN2O2. The average molecular weight is 227 g/mol. The Balaban J connectivity index is 2.83. The van der Waals surface area contributed by atoms with Gasteiger partial charge in [-0.3, -0.25) is 9.59 Å². The Morgan fingerprint density at radius 3 is 2.67 bits per heavy atom. The monoisotopic (exact) mass is 226 g/mol. The molecule has 0 saturated carbocycles. The van der Waals surface area contributed by atoms with E-state index in [0.29, 0.717) is 11.3 Å². The normalized spacial score (nSPS) is 11.9. The second-order valence-electron chi connectivity index (χ2n) is 3.05. The molecule has 2 amide bonds. The molecule has 0 spiro atoms. The largest absolute Gasteiger partial charge is 0.366 e. The minimum Gasteiger partial charge on any atom is -0.366 e. The number of hydrogen-bond acceptors (Lipinski definition) is 2.